The molecule has 0 aliphatic rings. The van der Waals surface area contributed by atoms with Gasteiger partial charge in [0.15, 0.2) is 0 Å². The Morgan fingerprint density at radius 1 is 1.27 bits per heavy atom. The van der Waals surface area contributed by atoms with Gasteiger partial charge in [0.05, 0.1) is 5.69 Å². The molecule has 0 saturated carbocycles. The number of hydrogen-bond donors (Lipinski definition) is 1. The van der Waals surface area contributed by atoms with Crippen LogP contribution in [0.3, 0.4) is 0 Å². The molecule has 4 heteroatoms. The summed E-state index contributed by atoms with van der Waals surface area (Å²) in [7, 11) is 0. The highest BCUT2D eigenvalue weighted by molar-refractivity contribution is 5.42. The van der Waals surface area contributed by atoms with Gasteiger partial charge in [0.1, 0.15) is 11.6 Å². The van der Waals surface area contributed by atoms with Crippen molar-refractivity contribution in [1.82, 2.24) is 9.78 Å². The van der Waals surface area contributed by atoms with Crippen LogP contribution in [-0.4, -0.2) is 9.78 Å². The lowest BCUT2D eigenvalue weighted by Crippen LogP contribution is -1.97. The van der Waals surface area contributed by atoms with Crippen LogP contribution >= 0.6 is 0 Å². The van der Waals surface area contributed by atoms with Crippen molar-refractivity contribution in [3.8, 4) is 5.69 Å². The fraction of sp³-hybridized carbons (Fsp3) is 0.182. The lowest BCUT2D eigenvalue weighted by Gasteiger charge is -2.02. The van der Waals surface area contributed by atoms with E-state index in [1.165, 1.54) is 12.1 Å². The van der Waals surface area contributed by atoms with Crippen LogP contribution in [0.25, 0.3) is 5.69 Å². The van der Waals surface area contributed by atoms with Gasteiger partial charge in [-0.3, -0.25) is 0 Å². The Morgan fingerprint density at radius 3 is 2.53 bits per heavy atom. The molecule has 0 bridgehead atoms. The minimum atomic E-state index is -0.267. The first kappa shape index (κ1) is 9.71. The van der Waals surface area contributed by atoms with Gasteiger partial charge in [-0.2, -0.15) is 5.10 Å². The van der Waals surface area contributed by atoms with Gasteiger partial charge in [-0.25, -0.2) is 9.07 Å². The second-order valence-electron chi connectivity index (χ2n) is 3.63. The molecule has 0 aliphatic heterocycles. The van der Waals surface area contributed by atoms with E-state index in [0.29, 0.717) is 11.5 Å². The van der Waals surface area contributed by atoms with Gasteiger partial charge in [-0.1, -0.05) is 0 Å². The van der Waals surface area contributed by atoms with Gasteiger partial charge >= 0.3 is 0 Å². The van der Waals surface area contributed by atoms with E-state index in [2.05, 4.69) is 5.10 Å². The minimum Gasteiger partial charge on any atom is -0.382 e. The molecule has 0 saturated heterocycles. The molecule has 0 aliphatic carbocycles. The Hall–Kier alpha value is -1.84. The molecule has 2 aromatic rings. The predicted octanol–water partition coefficient (Wildman–Crippen LogP) is 2.21. The normalized spacial score (nSPS) is 10.6. The fourth-order valence-corrected chi connectivity index (χ4v) is 1.45. The topological polar surface area (TPSA) is 43.8 Å². The fourth-order valence-electron chi connectivity index (χ4n) is 1.45. The highest BCUT2D eigenvalue weighted by Crippen LogP contribution is 2.15. The zero-order valence-corrected chi connectivity index (χ0v) is 8.66. The zero-order chi connectivity index (χ0) is 11.0. The smallest absolute Gasteiger partial charge is 0.148 e. The summed E-state index contributed by atoms with van der Waals surface area (Å²) < 4.78 is 14.7. The van der Waals surface area contributed by atoms with E-state index in [4.69, 9.17) is 5.73 Å². The molecule has 0 atom stereocenters. The average molecular weight is 205 g/mol. The minimum absolute atomic E-state index is 0.267. The summed E-state index contributed by atoms with van der Waals surface area (Å²) in [6, 6.07) is 4.76. The van der Waals surface area contributed by atoms with Gasteiger partial charge in [0.2, 0.25) is 0 Å². The van der Waals surface area contributed by atoms with Crippen molar-refractivity contribution < 1.29 is 4.39 Å². The highest BCUT2D eigenvalue weighted by atomic mass is 19.1. The third-order valence-electron chi connectivity index (χ3n) is 2.23. The molecule has 78 valence electrons. The van der Waals surface area contributed by atoms with Gasteiger partial charge in [0.25, 0.3) is 0 Å². The maximum atomic E-state index is 13.1. The summed E-state index contributed by atoms with van der Waals surface area (Å²) in [5.74, 6) is 0.202. The predicted molar refractivity (Wildman–Crippen MR) is 57.4 cm³/mol. The molecule has 15 heavy (non-hydrogen) atoms. The standard InChI is InChI=1S/C11H12FN3/c1-7-3-9(12)5-10(4-7)15-6-8(2)11(13)14-15/h3-6H,1-2H3,(H2,13,14). The van der Waals surface area contributed by atoms with Crippen molar-refractivity contribution in [3.63, 3.8) is 0 Å². The number of halogens is 1. The van der Waals surface area contributed by atoms with Crippen LogP contribution < -0.4 is 5.73 Å². The van der Waals surface area contributed by atoms with E-state index in [1.54, 1.807) is 10.9 Å². The van der Waals surface area contributed by atoms with Crippen LogP contribution in [0.1, 0.15) is 11.1 Å². The summed E-state index contributed by atoms with van der Waals surface area (Å²) in [4.78, 5) is 0. The van der Waals surface area contributed by atoms with Crippen molar-refractivity contribution in [2.24, 2.45) is 0 Å². The number of aromatic nitrogens is 2. The summed E-state index contributed by atoms with van der Waals surface area (Å²) in [6.07, 6.45) is 1.78. The van der Waals surface area contributed by atoms with Crippen molar-refractivity contribution in [2.45, 2.75) is 13.8 Å². The Kier molecular flexibility index (Phi) is 2.19. The molecule has 2 rings (SSSR count). The van der Waals surface area contributed by atoms with Crippen LogP contribution in [0.4, 0.5) is 10.2 Å². The average Bonchev–Trinajstić information content (AvgIpc) is 2.45. The van der Waals surface area contributed by atoms with Gasteiger partial charge in [-0.05, 0) is 37.6 Å². The molecule has 0 amide bonds. The molecule has 0 unspecified atom stereocenters. The van der Waals surface area contributed by atoms with E-state index in [9.17, 15) is 4.39 Å². The van der Waals surface area contributed by atoms with Crippen LogP contribution in [-0.2, 0) is 0 Å². The molecule has 0 fully saturated rings. The quantitative estimate of drug-likeness (QED) is 0.775. The van der Waals surface area contributed by atoms with Crippen molar-refractivity contribution in [2.75, 3.05) is 5.73 Å². The van der Waals surface area contributed by atoms with Gasteiger partial charge in [0, 0.05) is 11.8 Å². The third kappa shape index (κ3) is 1.83. The van der Waals surface area contributed by atoms with Gasteiger partial charge < -0.3 is 5.73 Å². The number of rotatable bonds is 1. The van der Waals surface area contributed by atoms with Crippen molar-refractivity contribution >= 4 is 5.82 Å². The SMILES string of the molecule is Cc1cc(F)cc(-n2cc(C)c(N)n2)c1. The summed E-state index contributed by atoms with van der Waals surface area (Å²) >= 11 is 0. The number of anilines is 1. The molecule has 3 nitrogen and oxygen atoms in total. The van der Waals surface area contributed by atoms with E-state index >= 15 is 0 Å². The zero-order valence-electron chi connectivity index (χ0n) is 8.66. The molecule has 1 aromatic heterocycles. The van der Waals surface area contributed by atoms with E-state index in [-0.39, 0.29) is 5.82 Å². The Morgan fingerprint density at radius 2 is 2.00 bits per heavy atom. The number of aryl methyl sites for hydroxylation is 2. The Balaban J connectivity index is 2.53. The van der Waals surface area contributed by atoms with Crippen molar-refractivity contribution in [1.29, 1.82) is 0 Å². The number of nitrogen functional groups attached to an aromatic ring is 1. The second-order valence-corrected chi connectivity index (χ2v) is 3.63. The van der Waals surface area contributed by atoms with E-state index in [1.807, 2.05) is 19.9 Å². The molecule has 1 heterocycles. The number of nitrogens with two attached hydrogens (primary N) is 1. The first-order chi connectivity index (χ1) is 7.06. The number of hydrogen-bond acceptors (Lipinski definition) is 2. The third-order valence-corrected chi connectivity index (χ3v) is 2.23. The van der Waals surface area contributed by atoms with E-state index in [0.717, 1.165) is 11.1 Å². The maximum absolute atomic E-state index is 13.1. The molecule has 0 spiro atoms. The molecule has 1 aromatic carbocycles. The first-order valence-corrected chi connectivity index (χ1v) is 4.65. The lowest BCUT2D eigenvalue weighted by molar-refractivity contribution is 0.624. The van der Waals surface area contributed by atoms with Crippen LogP contribution in [0.2, 0.25) is 0 Å². The number of benzene rings is 1. The lowest BCUT2D eigenvalue weighted by atomic mass is 10.2. The van der Waals surface area contributed by atoms with Crippen LogP contribution in [0, 0.1) is 19.7 Å². The number of nitrogens with zero attached hydrogens (tertiary/aromatic N) is 2. The highest BCUT2D eigenvalue weighted by Gasteiger charge is 2.04. The monoisotopic (exact) mass is 205 g/mol. The summed E-state index contributed by atoms with van der Waals surface area (Å²) in [5.41, 5.74) is 8.06. The molecular weight excluding hydrogens is 193 g/mol. The van der Waals surface area contributed by atoms with Gasteiger partial charge in [-0.15, -0.1) is 0 Å². The van der Waals surface area contributed by atoms with E-state index < -0.39 is 0 Å². The summed E-state index contributed by atoms with van der Waals surface area (Å²) in [5, 5.41) is 4.09. The Labute approximate surface area is 87.3 Å². The molecular formula is C11H12FN3. The second kappa shape index (κ2) is 3.38. The Bertz CT molecular complexity index is 463. The van der Waals surface area contributed by atoms with Crippen molar-refractivity contribution in [3.05, 3.63) is 41.3 Å². The first-order valence-electron chi connectivity index (χ1n) is 4.65. The molecule has 0 radical (unpaired) electrons. The molecule has 2 N–H and O–H groups in total. The maximum Gasteiger partial charge on any atom is 0.148 e. The summed E-state index contributed by atoms with van der Waals surface area (Å²) in [6.45, 7) is 3.71. The van der Waals surface area contributed by atoms with Crippen LogP contribution in [0.5, 0.6) is 0 Å². The largest absolute Gasteiger partial charge is 0.382 e. The van der Waals surface area contributed by atoms with Crippen LogP contribution in [0.15, 0.2) is 24.4 Å².